The van der Waals surface area contributed by atoms with Gasteiger partial charge in [0.2, 0.25) is 5.91 Å². The van der Waals surface area contributed by atoms with Crippen molar-refractivity contribution in [2.75, 3.05) is 13.7 Å². The number of aliphatic carboxylic acids is 1. The van der Waals surface area contributed by atoms with Gasteiger partial charge in [-0.05, 0) is 13.3 Å². The summed E-state index contributed by atoms with van der Waals surface area (Å²) in [5.41, 5.74) is 0. The summed E-state index contributed by atoms with van der Waals surface area (Å²) >= 11 is 0. The fraction of sp³-hybridized carbons (Fsp3) is 0.833. The molecule has 0 spiro atoms. The average molecular weight is 243 g/mol. The molecule has 4 atom stereocenters. The van der Waals surface area contributed by atoms with Crippen LogP contribution >= 0.6 is 0 Å². The highest BCUT2D eigenvalue weighted by atomic mass is 16.5. The molecule has 98 valence electrons. The molecule has 0 saturated carbocycles. The van der Waals surface area contributed by atoms with Gasteiger partial charge in [0.1, 0.15) is 0 Å². The minimum Gasteiger partial charge on any atom is -0.481 e. The lowest BCUT2D eigenvalue weighted by Crippen LogP contribution is -2.45. The van der Waals surface area contributed by atoms with Crippen LogP contribution in [-0.2, 0) is 14.3 Å². The predicted octanol–water partition coefficient (Wildman–Crippen LogP) is 0.979. The second-order valence-electron chi connectivity index (χ2n) is 4.80. The summed E-state index contributed by atoms with van der Waals surface area (Å²) in [5.74, 6) is -2.23. The molecule has 1 heterocycles. The smallest absolute Gasteiger partial charge is 0.307 e. The zero-order chi connectivity index (χ0) is 13.2. The third-order valence-corrected chi connectivity index (χ3v) is 3.71. The van der Waals surface area contributed by atoms with Gasteiger partial charge in [0.15, 0.2) is 0 Å². The number of carboxylic acids is 1. The number of carbonyl (C=O) groups is 2. The fourth-order valence-corrected chi connectivity index (χ4v) is 2.14. The van der Waals surface area contributed by atoms with Gasteiger partial charge in [0, 0.05) is 19.6 Å². The molecule has 0 aromatic carbocycles. The Bertz CT molecular complexity index is 305. The summed E-state index contributed by atoms with van der Waals surface area (Å²) in [7, 11) is 1.73. The van der Waals surface area contributed by atoms with Crippen LogP contribution < -0.4 is 0 Å². The Hall–Kier alpha value is -1.10. The average Bonchev–Trinajstić information content (AvgIpc) is 2.71. The third kappa shape index (κ3) is 2.97. The van der Waals surface area contributed by atoms with Gasteiger partial charge in [-0.3, -0.25) is 9.59 Å². The first-order chi connectivity index (χ1) is 7.86. The highest BCUT2D eigenvalue weighted by Crippen LogP contribution is 2.22. The van der Waals surface area contributed by atoms with Crippen LogP contribution in [-0.4, -0.2) is 47.7 Å². The Morgan fingerprint density at radius 2 is 1.94 bits per heavy atom. The van der Waals surface area contributed by atoms with Crippen LogP contribution in [0.25, 0.3) is 0 Å². The number of carbonyl (C=O) groups excluding carboxylic acids is 1. The van der Waals surface area contributed by atoms with Gasteiger partial charge in [-0.15, -0.1) is 0 Å². The van der Waals surface area contributed by atoms with Gasteiger partial charge in [-0.2, -0.15) is 0 Å². The Kier molecular flexibility index (Phi) is 4.51. The van der Waals surface area contributed by atoms with E-state index >= 15 is 0 Å². The second-order valence-corrected chi connectivity index (χ2v) is 4.80. The van der Waals surface area contributed by atoms with Crippen molar-refractivity contribution in [1.29, 1.82) is 0 Å². The molecule has 1 rings (SSSR count). The molecule has 0 aromatic heterocycles. The van der Waals surface area contributed by atoms with E-state index in [0.29, 0.717) is 6.61 Å². The van der Waals surface area contributed by atoms with Crippen molar-refractivity contribution < 1.29 is 19.4 Å². The van der Waals surface area contributed by atoms with E-state index in [2.05, 4.69) is 0 Å². The Morgan fingerprint density at radius 1 is 1.35 bits per heavy atom. The van der Waals surface area contributed by atoms with Gasteiger partial charge in [0.25, 0.3) is 0 Å². The lowest BCUT2D eigenvalue weighted by molar-refractivity contribution is -0.149. The minimum absolute atomic E-state index is 0.0243. The largest absolute Gasteiger partial charge is 0.481 e. The van der Waals surface area contributed by atoms with Crippen LogP contribution in [0.3, 0.4) is 0 Å². The summed E-state index contributed by atoms with van der Waals surface area (Å²) in [4.78, 5) is 24.6. The van der Waals surface area contributed by atoms with Gasteiger partial charge in [0.05, 0.1) is 18.1 Å². The number of hydrogen-bond donors (Lipinski definition) is 1. The van der Waals surface area contributed by atoms with E-state index < -0.39 is 17.8 Å². The molecule has 0 radical (unpaired) electrons. The summed E-state index contributed by atoms with van der Waals surface area (Å²) in [6.45, 7) is 5.82. The monoisotopic (exact) mass is 243 g/mol. The number of hydrogen-bond acceptors (Lipinski definition) is 3. The Balaban J connectivity index is 2.65. The van der Waals surface area contributed by atoms with E-state index in [1.807, 2.05) is 6.92 Å². The first kappa shape index (κ1) is 14.0. The highest BCUT2D eigenvalue weighted by molar-refractivity contribution is 5.84. The molecule has 1 amide bonds. The number of ether oxygens (including phenoxy) is 1. The van der Waals surface area contributed by atoms with Crippen molar-refractivity contribution in [3.8, 4) is 0 Å². The zero-order valence-electron chi connectivity index (χ0n) is 10.8. The molecular weight excluding hydrogens is 222 g/mol. The van der Waals surface area contributed by atoms with Crippen molar-refractivity contribution in [3.05, 3.63) is 0 Å². The van der Waals surface area contributed by atoms with Crippen molar-refractivity contribution in [2.24, 2.45) is 11.8 Å². The maximum atomic E-state index is 12.1. The van der Waals surface area contributed by atoms with Crippen LogP contribution in [0.2, 0.25) is 0 Å². The molecule has 1 saturated heterocycles. The van der Waals surface area contributed by atoms with Crippen LogP contribution in [0, 0.1) is 11.8 Å². The lowest BCUT2D eigenvalue weighted by atomic mass is 9.94. The van der Waals surface area contributed by atoms with Gasteiger partial charge >= 0.3 is 5.97 Å². The molecule has 5 heteroatoms. The molecule has 1 fully saturated rings. The van der Waals surface area contributed by atoms with Crippen LogP contribution in [0.1, 0.15) is 27.2 Å². The number of rotatable bonds is 4. The normalized spacial score (nSPS) is 27.5. The number of likely N-dealkylation sites (N-methyl/N-ethyl adjacent to an activating group) is 1. The van der Waals surface area contributed by atoms with Gasteiger partial charge in [-0.1, -0.05) is 13.8 Å². The minimum atomic E-state index is -0.935. The maximum Gasteiger partial charge on any atom is 0.307 e. The third-order valence-electron chi connectivity index (χ3n) is 3.71. The van der Waals surface area contributed by atoms with E-state index in [0.717, 1.165) is 6.42 Å². The Morgan fingerprint density at radius 3 is 2.35 bits per heavy atom. The SMILES string of the molecule is CC1OCCC1N(C)C(=O)C(C)C(C)C(=O)O. The second kappa shape index (κ2) is 5.49. The standard InChI is InChI=1S/C12H21NO4/c1-7(8(2)12(15)16)11(14)13(4)10-5-6-17-9(10)3/h7-10H,5-6H2,1-4H3,(H,15,16). The summed E-state index contributed by atoms with van der Waals surface area (Å²) in [6, 6.07) is 0.0611. The summed E-state index contributed by atoms with van der Waals surface area (Å²) in [6.07, 6.45) is 0.841. The maximum absolute atomic E-state index is 12.1. The molecule has 0 bridgehead atoms. The number of carboxylic acid groups (broad SMARTS) is 1. The van der Waals surface area contributed by atoms with Crippen LogP contribution in [0.15, 0.2) is 0 Å². The molecule has 1 aliphatic rings. The van der Waals surface area contributed by atoms with Crippen molar-refractivity contribution in [2.45, 2.75) is 39.3 Å². The van der Waals surface area contributed by atoms with E-state index in [1.165, 1.54) is 0 Å². The first-order valence-electron chi connectivity index (χ1n) is 5.97. The lowest BCUT2D eigenvalue weighted by Gasteiger charge is -2.30. The molecule has 0 aromatic rings. The summed E-state index contributed by atoms with van der Waals surface area (Å²) in [5, 5.41) is 8.90. The van der Waals surface area contributed by atoms with E-state index in [4.69, 9.17) is 9.84 Å². The molecule has 1 aliphatic heterocycles. The first-order valence-corrected chi connectivity index (χ1v) is 5.97. The van der Waals surface area contributed by atoms with E-state index in [9.17, 15) is 9.59 Å². The fourth-order valence-electron chi connectivity index (χ4n) is 2.14. The molecule has 1 N–H and O–H groups in total. The molecular formula is C12H21NO4. The predicted molar refractivity (Wildman–Crippen MR) is 62.6 cm³/mol. The highest BCUT2D eigenvalue weighted by Gasteiger charge is 2.35. The van der Waals surface area contributed by atoms with E-state index in [1.54, 1.807) is 25.8 Å². The topological polar surface area (TPSA) is 66.8 Å². The number of amides is 1. The summed E-state index contributed by atoms with van der Waals surface area (Å²) < 4.78 is 5.41. The molecule has 0 aliphatic carbocycles. The Labute approximate surface area is 102 Å². The van der Waals surface area contributed by atoms with Crippen molar-refractivity contribution >= 4 is 11.9 Å². The van der Waals surface area contributed by atoms with Crippen molar-refractivity contribution in [3.63, 3.8) is 0 Å². The van der Waals surface area contributed by atoms with E-state index in [-0.39, 0.29) is 18.1 Å². The molecule has 4 unspecified atom stereocenters. The molecule has 17 heavy (non-hydrogen) atoms. The van der Waals surface area contributed by atoms with Crippen molar-refractivity contribution in [1.82, 2.24) is 4.90 Å². The van der Waals surface area contributed by atoms with Crippen LogP contribution in [0.4, 0.5) is 0 Å². The van der Waals surface area contributed by atoms with Gasteiger partial charge < -0.3 is 14.7 Å². The number of nitrogens with zero attached hydrogens (tertiary/aromatic N) is 1. The quantitative estimate of drug-likeness (QED) is 0.799. The molecule has 5 nitrogen and oxygen atoms in total. The zero-order valence-corrected chi connectivity index (χ0v) is 10.8. The van der Waals surface area contributed by atoms with Crippen LogP contribution in [0.5, 0.6) is 0 Å². The van der Waals surface area contributed by atoms with Gasteiger partial charge in [-0.25, -0.2) is 0 Å².